The molecule has 0 radical (unpaired) electrons. The van der Waals surface area contributed by atoms with Gasteiger partial charge < -0.3 is 18.6 Å². The van der Waals surface area contributed by atoms with Crippen molar-refractivity contribution in [3.8, 4) is 17.2 Å². The highest BCUT2D eigenvalue weighted by Crippen LogP contribution is 2.31. The molecule has 0 N–H and O–H groups in total. The molecule has 4 rings (SSSR count). The van der Waals surface area contributed by atoms with Crippen LogP contribution in [0.3, 0.4) is 0 Å². The van der Waals surface area contributed by atoms with Gasteiger partial charge in [-0.2, -0.15) is 0 Å². The van der Waals surface area contributed by atoms with Crippen LogP contribution in [0, 0.1) is 0 Å². The Bertz CT molecular complexity index is 1250. The van der Waals surface area contributed by atoms with Crippen LogP contribution < -0.4 is 25.1 Å². The Morgan fingerprint density at radius 3 is 2.30 bits per heavy atom. The molecule has 136 valence electrons. The van der Waals surface area contributed by atoms with Crippen LogP contribution in [0.1, 0.15) is 5.56 Å². The molecule has 0 unspecified atom stereocenters. The average Bonchev–Trinajstić information content (AvgIpc) is 2.71. The summed E-state index contributed by atoms with van der Waals surface area (Å²) < 4.78 is 21.9. The van der Waals surface area contributed by atoms with Crippen LogP contribution in [0.4, 0.5) is 0 Å². The van der Waals surface area contributed by atoms with Crippen molar-refractivity contribution in [1.82, 2.24) is 0 Å². The number of methoxy groups -OCH3 is 3. The van der Waals surface area contributed by atoms with E-state index in [4.69, 9.17) is 18.6 Å². The molecule has 5 heteroatoms. The number of benzene rings is 3. The second kappa shape index (κ2) is 6.68. The quantitative estimate of drug-likeness (QED) is 0.556. The van der Waals surface area contributed by atoms with E-state index in [-0.39, 0.29) is 10.8 Å². The second-order valence-electron chi connectivity index (χ2n) is 6.05. The zero-order chi connectivity index (χ0) is 19.0. The number of rotatable bonds is 4. The van der Waals surface area contributed by atoms with E-state index < -0.39 is 0 Å². The van der Waals surface area contributed by atoms with Gasteiger partial charge in [-0.15, -0.1) is 0 Å². The van der Waals surface area contributed by atoms with Gasteiger partial charge in [0.15, 0.2) is 16.9 Å². The van der Waals surface area contributed by atoms with E-state index in [2.05, 4.69) is 0 Å². The van der Waals surface area contributed by atoms with E-state index in [1.165, 1.54) is 0 Å². The molecule has 0 amide bonds. The molecular weight excluding hydrogens is 344 g/mol. The zero-order valence-electron chi connectivity index (χ0n) is 15.2. The predicted octanol–water partition coefficient (Wildman–Crippen LogP) is 3.52. The molecule has 4 aromatic rings. The third-order valence-electron chi connectivity index (χ3n) is 4.58. The highest BCUT2D eigenvalue weighted by atomic mass is 16.5. The van der Waals surface area contributed by atoms with Gasteiger partial charge in [0.1, 0.15) is 11.3 Å². The van der Waals surface area contributed by atoms with Gasteiger partial charge in [0, 0.05) is 16.2 Å². The highest BCUT2D eigenvalue weighted by molar-refractivity contribution is 6.09. The fraction of sp³-hybridized carbons (Fsp3) is 0.136. The summed E-state index contributed by atoms with van der Waals surface area (Å²) in [5.41, 5.74) is 1.50. The van der Waals surface area contributed by atoms with Gasteiger partial charge in [-0.3, -0.25) is 4.79 Å². The zero-order valence-corrected chi connectivity index (χ0v) is 15.2. The molecule has 3 aromatic carbocycles. The third kappa shape index (κ3) is 2.77. The lowest BCUT2D eigenvalue weighted by Crippen LogP contribution is -2.24. The van der Waals surface area contributed by atoms with Gasteiger partial charge >= 0.3 is 0 Å². The first-order valence-electron chi connectivity index (χ1n) is 8.42. The Hall–Kier alpha value is -3.47. The third-order valence-corrected chi connectivity index (χ3v) is 4.58. The van der Waals surface area contributed by atoms with E-state index in [1.54, 1.807) is 51.7 Å². The Balaban J connectivity index is 2.00. The molecule has 0 fully saturated rings. The van der Waals surface area contributed by atoms with Gasteiger partial charge in [-0.05, 0) is 42.0 Å². The Morgan fingerprint density at radius 1 is 0.815 bits per heavy atom. The Kier molecular flexibility index (Phi) is 4.20. The first-order valence-corrected chi connectivity index (χ1v) is 8.42. The number of ether oxygens (including phenoxy) is 3. The molecule has 0 spiro atoms. The lowest BCUT2D eigenvalue weighted by atomic mass is 10.0. The minimum Gasteiger partial charge on any atom is -0.496 e. The van der Waals surface area contributed by atoms with Crippen LogP contribution in [0.15, 0.2) is 57.7 Å². The molecule has 0 aliphatic heterocycles. The largest absolute Gasteiger partial charge is 0.496 e. The van der Waals surface area contributed by atoms with Crippen LogP contribution in [-0.2, 0) is 0 Å². The smallest absolute Gasteiger partial charge is 0.228 e. The minimum atomic E-state index is -0.170. The van der Waals surface area contributed by atoms with Crippen LogP contribution >= 0.6 is 0 Å². The lowest BCUT2D eigenvalue weighted by molar-refractivity contribution is 0.355. The molecule has 0 saturated carbocycles. The lowest BCUT2D eigenvalue weighted by Gasteiger charge is -2.09. The molecule has 0 aliphatic carbocycles. The number of hydrogen-bond donors (Lipinski definition) is 0. The summed E-state index contributed by atoms with van der Waals surface area (Å²) in [5.74, 6) is 1.92. The SMILES string of the molecule is COc1ccc(/C=c2\oc3cccc4c(OC)ccc(c2=O)c34)cc1OC. The summed E-state index contributed by atoms with van der Waals surface area (Å²) in [6.45, 7) is 0. The van der Waals surface area contributed by atoms with Crippen LogP contribution in [0.2, 0.25) is 0 Å². The molecule has 0 saturated heterocycles. The van der Waals surface area contributed by atoms with Gasteiger partial charge in [-0.25, -0.2) is 0 Å². The van der Waals surface area contributed by atoms with Gasteiger partial charge in [0.2, 0.25) is 5.43 Å². The summed E-state index contributed by atoms with van der Waals surface area (Å²) in [6.07, 6.45) is 1.70. The minimum absolute atomic E-state index is 0.170. The van der Waals surface area contributed by atoms with Crippen molar-refractivity contribution in [2.45, 2.75) is 0 Å². The summed E-state index contributed by atoms with van der Waals surface area (Å²) in [7, 11) is 4.76. The summed E-state index contributed by atoms with van der Waals surface area (Å²) in [6, 6.07) is 14.7. The first-order chi connectivity index (χ1) is 13.2. The second-order valence-corrected chi connectivity index (χ2v) is 6.05. The highest BCUT2D eigenvalue weighted by Gasteiger charge is 2.12. The maximum absolute atomic E-state index is 13.0. The molecule has 1 aromatic heterocycles. The molecule has 0 bridgehead atoms. The van der Waals surface area contributed by atoms with Crippen molar-refractivity contribution in [2.75, 3.05) is 21.3 Å². The van der Waals surface area contributed by atoms with E-state index in [1.807, 2.05) is 24.3 Å². The molecule has 5 nitrogen and oxygen atoms in total. The van der Waals surface area contributed by atoms with Gasteiger partial charge in [-0.1, -0.05) is 18.2 Å². The van der Waals surface area contributed by atoms with Crippen molar-refractivity contribution in [3.05, 3.63) is 69.7 Å². The van der Waals surface area contributed by atoms with Crippen molar-refractivity contribution < 1.29 is 18.6 Å². The maximum atomic E-state index is 13.0. The average molecular weight is 362 g/mol. The Morgan fingerprint density at radius 2 is 1.56 bits per heavy atom. The number of hydrogen-bond acceptors (Lipinski definition) is 5. The fourth-order valence-electron chi connectivity index (χ4n) is 3.29. The van der Waals surface area contributed by atoms with E-state index in [0.29, 0.717) is 28.2 Å². The molecular formula is C22H18O5. The Labute approximate surface area is 155 Å². The van der Waals surface area contributed by atoms with Crippen molar-refractivity contribution in [1.29, 1.82) is 0 Å². The van der Waals surface area contributed by atoms with E-state index in [9.17, 15) is 4.79 Å². The van der Waals surface area contributed by atoms with E-state index >= 15 is 0 Å². The molecule has 0 aliphatic rings. The molecule has 27 heavy (non-hydrogen) atoms. The molecule has 1 heterocycles. The maximum Gasteiger partial charge on any atom is 0.228 e. The van der Waals surface area contributed by atoms with E-state index in [0.717, 1.165) is 16.3 Å². The molecule has 0 atom stereocenters. The fourth-order valence-corrected chi connectivity index (χ4v) is 3.29. The van der Waals surface area contributed by atoms with Crippen molar-refractivity contribution in [3.63, 3.8) is 0 Å². The predicted molar refractivity (Wildman–Crippen MR) is 105 cm³/mol. The standard InChI is InChI=1S/C22H18O5/c1-24-16-10-8-15-21-14(16)5-4-6-18(21)27-20(22(15)23)12-13-7-9-17(25-2)19(11-13)26-3/h4-12H,1-3H3/b20-12-. The summed E-state index contributed by atoms with van der Waals surface area (Å²) >= 11 is 0. The summed E-state index contributed by atoms with van der Waals surface area (Å²) in [5, 5.41) is 2.22. The van der Waals surface area contributed by atoms with Crippen molar-refractivity contribution in [2.24, 2.45) is 0 Å². The summed E-state index contributed by atoms with van der Waals surface area (Å²) in [4.78, 5) is 13.0. The van der Waals surface area contributed by atoms with Crippen molar-refractivity contribution >= 4 is 27.8 Å². The van der Waals surface area contributed by atoms with Gasteiger partial charge in [0.05, 0.1) is 21.3 Å². The van der Waals surface area contributed by atoms with Crippen LogP contribution in [0.25, 0.3) is 27.8 Å². The normalized spacial score (nSPS) is 11.9. The van der Waals surface area contributed by atoms with Crippen LogP contribution in [-0.4, -0.2) is 21.3 Å². The topological polar surface area (TPSA) is 57.9 Å². The van der Waals surface area contributed by atoms with Gasteiger partial charge in [0.25, 0.3) is 0 Å². The van der Waals surface area contributed by atoms with Crippen LogP contribution in [0.5, 0.6) is 17.2 Å². The first kappa shape index (κ1) is 17.0. The monoisotopic (exact) mass is 362 g/mol.